The summed E-state index contributed by atoms with van der Waals surface area (Å²) in [6.07, 6.45) is -0.0354. The Morgan fingerprint density at radius 1 is 1.41 bits per heavy atom. The van der Waals surface area contributed by atoms with Gasteiger partial charge in [0, 0.05) is 24.5 Å². The number of hydrogen-bond acceptors (Lipinski definition) is 3. The average molecular weight is 369 g/mol. The van der Waals surface area contributed by atoms with Gasteiger partial charge in [0.25, 0.3) is 0 Å². The zero-order valence-electron chi connectivity index (χ0n) is 12.1. The van der Waals surface area contributed by atoms with Crippen LogP contribution in [0.25, 0.3) is 0 Å². The number of likely N-dealkylation sites (tertiary alicyclic amines) is 1. The Labute approximate surface area is 136 Å². The van der Waals surface area contributed by atoms with Gasteiger partial charge < -0.3 is 15.3 Å². The van der Waals surface area contributed by atoms with E-state index in [1.165, 1.54) is 4.90 Å². The zero-order valence-corrected chi connectivity index (χ0v) is 13.7. The van der Waals surface area contributed by atoms with E-state index in [0.717, 1.165) is 10.0 Å². The van der Waals surface area contributed by atoms with Gasteiger partial charge in [0.2, 0.25) is 11.8 Å². The molecule has 1 aromatic carbocycles. The molecule has 1 aromatic rings. The molecule has 118 valence electrons. The predicted octanol–water partition coefficient (Wildman–Crippen LogP) is 1.56. The summed E-state index contributed by atoms with van der Waals surface area (Å²) >= 11 is 3.32. The van der Waals surface area contributed by atoms with Crippen LogP contribution in [0, 0.1) is 5.92 Å². The van der Waals surface area contributed by atoms with E-state index in [4.69, 9.17) is 5.11 Å². The number of nitrogens with one attached hydrogen (secondary N) is 1. The third-order valence-electron chi connectivity index (χ3n) is 3.68. The Hall–Kier alpha value is -1.89. The lowest BCUT2D eigenvalue weighted by atomic mass is 10.0. The summed E-state index contributed by atoms with van der Waals surface area (Å²) < 4.78 is 0.875. The summed E-state index contributed by atoms with van der Waals surface area (Å²) in [4.78, 5) is 36.3. The lowest BCUT2D eigenvalue weighted by molar-refractivity contribution is -0.138. The maximum Gasteiger partial charge on any atom is 0.305 e. The van der Waals surface area contributed by atoms with Crippen molar-refractivity contribution in [2.75, 3.05) is 13.6 Å². The molecule has 1 aliphatic heterocycles. The summed E-state index contributed by atoms with van der Waals surface area (Å²) in [6.45, 7) is 0.366. The van der Waals surface area contributed by atoms with Crippen molar-refractivity contribution in [3.8, 4) is 0 Å². The van der Waals surface area contributed by atoms with Crippen LogP contribution in [0.5, 0.6) is 0 Å². The minimum Gasteiger partial charge on any atom is -0.481 e. The fourth-order valence-electron chi connectivity index (χ4n) is 2.45. The summed E-state index contributed by atoms with van der Waals surface area (Å²) in [5.41, 5.74) is 0.719. The van der Waals surface area contributed by atoms with E-state index in [1.807, 2.05) is 0 Å². The number of aliphatic carboxylic acids is 1. The zero-order chi connectivity index (χ0) is 16.3. The molecule has 0 saturated carbocycles. The molecule has 0 unspecified atom stereocenters. The Morgan fingerprint density at radius 2 is 2.05 bits per heavy atom. The molecule has 1 heterocycles. The van der Waals surface area contributed by atoms with Crippen LogP contribution in [0.3, 0.4) is 0 Å². The fraction of sp³-hybridized carbons (Fsp3) is 0.400. The second-order valence-corrected chi connectivity index (χ2v) is 6.30. The maximum absolute atomic E-state index is 12.3. The number of halogens is 1. The fourth-order valence-corrected chi connectivity index (χ4v) is 2.72. The van der Waals surface area contributed by atoms with Crippen molar-refractivity contribution in [2.45, 2.75) is 18.9 Å². The number of nitrogens with zero attached hydrogens (tertiary/aromatic N) is 1. The van der Waals surface area contributed by atoms with E-state index in [1.54, 1.807) is 31.3 Å². The quantitative estimate of drug-likeness (QED) is 0.825. The summed E-state index contributed by atoms with van der Waals surface area (Å²) in [7, 11) is 1.65. The number of rotatable bonds is 5. The number of carboxylic acids is 1. The van der Waals surface area contributed by atoms with Crippen LogP contribution < -0.4 is 5.32 Å². The number of carbonyl (C=O) groups excluding carboxylic acids is 2. The van der Waals surface area contributed by atoms with Gasteiger partial charge >= 0.3 is 5.97 Å². The van der Waals surface area contributed by atoms with E-state index in [2.05, 4.69) is 21.2 Å². The first-order valence-corrected chi connectivity index (χ1v) is 7.67. The third-order valence-corrected chi connectivity index (χ3v) is 4.21. The molecule has 2 rings (SSSR count). The average Bonchev–Trinajstić information content (AvgIpc) is 2.78. The monoisotopic (exact) mass is 368 g/mol. The molecule has 0 spiro atoms. The molecule has 0 aliphatic carbocycles. The number of carboxylic acid groups (broad SMARTS) is 1. The number of amides is 2. The molecule has 2 N–H and O–H groups in total. The highest BCUT2D eigenvalue weighted by Gasteiger charge is 2.33. The smallest absolute Gasteiger partial charge is 0.305 e. The van der Waals surface area contributed by atoms with Crippen LogP contribution in [-0.2, 0) is 14.4 Å². The van der Waals surface area contributed by atoms with Gasteiger partial charge in [-0.05, 0) is 17.7 Å². The molecule has 0 bridgehead atoms. The van der Waals surface area contributed by atoms with Crippen LogP contribution >= 0.6 is 15.9 Å². The molecular formula is C15H17BrN2O4. The molecule has 7 heteroatoms. The Bertz CT molecular complexity index is 588. The molecule has 22 heavy (non-hydrogen) atoms. The highest BCUT2D eigenvalue weighted by Crippen LogP contribution is 2.22. The minimum atomic E-state index is -0.993. The number of benzene rings is 1. The first-order chi connectivity index (χ1) is 10.4. The van der Waals surface area contributed by atoms with E-state index in [0.29, 0.717) is 6.54 Å². The molecule has 0 aromatic heterocycles. The second-order valence-electron chi connectivity index (χ2n) is 5.39. The molecule has 2 atom stereocenters. The van der Waals surface area contributed by atoms with Gasteiger partial charge in [-0.1, -0.05) is 28.1 Å². The first-order valence-electron chi connectivity index (χ1n) is 6.88. The van der Waals surface area contributed by atoms with E-state index < -0.39 is 17.9 Å². The van der Waals surface area contributed by atoms with E-state index >= 15 is 0 Å². The van der Waals surface area contributed by atoms with Gasteiger partial charge in [0.05, 0.1) is 18.4 Å². The van der Waals surface area contributed by atoms with Crippen LogP contribution in [0.2, 0.25) is 0 Å². The van der Waals surface area contributed by atoms with E-state index in [-0.39, 0.29) is 24.7 Å². The maximum atomic E-state index is 12.3. The highest BCUT2D eigenvalue weighted by atomic mass is 79.9. The molecule has 2 amide bonds. The van der Waals surface area contributed by atoms with Gasteiger partial charge in [0.15, 0.2) is 0 Å². The van der Waals surface area contributed by atoms with Gasteiger partial charge in [-0.2, -0.15) is 0 Å². The lowest BCUT2D eigenvalue weighted by Crippen LogP contribution is -2.36. The van der Waals surface area contributed by atoms with Crippen molar-refractivity contribution in [3.63, 3.8) is 0 Å². The Balaban J connectivity index is 2.09. The molecular weight excluding hydrogens is 352 g/mol. The van der Waals surface area contributed by atoms with Crippen molar-refractivity contribution in [3.05, 3.63) is 34.3 Å². The van der Waals surface area contributed by atoms with Gasteiger partial charge in [0.1, 0.15) is 0 Å². The normalized spacial score (nSPS) is 19.1. The van der Waals surface area contributed by atoms with Crippen molar-refractivity contribution in [2.24, 2.45) is 5.92 Å². The highest BCUT2D eigenvalue weighted by molar-refractivity contribution is 9.10. The molecule has 0 radical (unpaired) electrons. The molecule has 1 saturated heterocycles. The van der Waals surface area contributed by atoms with Crippen molar-refractivity contribution >= 4 is 33.7 Å². The van der Waals surface area contributed by atoms with Crippen molar-refractivity contribution < 1.29 is 19.5 Å². The van der Waals surface area contributed by atoms with Gasteiger partial charge in [-0.25, -0.2) is 0 Å². The first kappa shape index (κ1) is 16.5. The predicted molar refractivity (Wildman–Crippen MR) is 83.0 cm³/mol. The van der Waals surface area contributed by atoms with Crippen molar-refractivity contribution in [1.82, 2.24) is 10.2 Å². The summed E-state index contributed by atoms with van der Waals surface area (Å²) in [5.74, 6) is -1.78. The van der Waals surface area contributed by atoms with Gasteiger partial charge in [-0.15, -0.1) is 0 Å². The molecule has 6 nitrogen and oxygen atoms in total. The van der Waals surface area contributed by atoms with Crippen LogP contribution in [0.15, 0.2) is 28.7 Å². The van der Waals surface area contributed by atoms with Crippen molar-refractivity contribution in [1.29, 1.82) is 0 Å². The van der Waals surface area contributed by atoms with Crippen LogP contribution in [0.4, 0.5) is 0 Å². The van der Waals surface area contributed by atoms with Crippen LogP contribution in [0.1, 0.15) is 24.4 Å². The molecule has 1 aliphatic rings. The summed E-state index contributed by atoms with van der Waals surface area (Å²) in [5, 5.41) is 11.8. The lowest BCUT2D eigenvalue weighted by Gasteiger charge is -2.20. The van der Waals surface area contributed by atoms with Gasteiger partial charge in [-0.3, -0.25) is 14.4 Å². The third kappa shape index (κ3) is 4.07. The van der Waals surface area contributed by atoms with E-state index in [9.17, 15) is 14.4 Å². The largest absolute Gasteiger partial charge is 0.481 e. The molecule has 1 fully saturated rings. The summed E-state index contributed by atoms with van der Waals surface area (Å²) in [6, 6.07) is 6.51. The SMILES string of the molecule is CN1C[C@H](C(=O)N[C@H](CC(=O)O)c2ccc(Br)cc2)CC1=O. The minimum absolute atomic E-state index is 0.0708. The second kappa shape index (κ2) is 6.91. The van der Waals surface area contributed by atoms with Crippen LogP contribution in [-0.4, -0.2) is 41.4 Å². The Kier molecular flexibility index (Phi) is 5.18. The number of hydrogen-bond donors (Lipinski definition) is 2. The Morgan fingerprint density at radius 3 is 2.55 bits per heavy atom. The topological polar surface area (TPSA) is 86.7 Å². The number of carbonyl (C=O) groups is 3. The standard InChI is InChI=1S/C15H17BrN2O4/c1-18-8-10(6-13(18)19)15(22)17-12(7-14(20)21)9-2-4-11(16)5-3-9/h2-5,10,12H,6-8H2,1H3,(H,17,22)(H,20,21)/t10-,12-/m1/s1.